The van der Waals surface area contributed by atoms with Crippen LogP contribution in [0.3, 0.4) is 0 Å². The van der Waals surface area contributed by atoms with Crippen molar-refractivity contribution in [3.05, 3.63) is 12.2 Å². The van der Waals surface area contributed by atoms with Crippen molar-refractivity contribution in [3.8, 4) is 0 Å². The van der Waals surface area contributed by atoms with Crippen molar-refractivity contribution >= 4 is 6.21 Å². The highest BCUT2D eigenvalue weighted by Crippen LogP contribution is 2.13. The van der Waals surface area contributed by atoms with Crippen LogP contribution in [0.4, 0.5) is 0 Å². The molecule has 1 rings (SSSR count). The van der Waals surface area contributed by atoms with Crippen LogP contribution >= 0.6 is 0 Å². The predicted molar refractivity (Wildman–Crippen MR) is 110 cm³/mol. The van der Waals surface area contributed by atoms with E-state index >= 15 is 0 Å². The predicted octanol–water partition coefficient (Wildman–Crippen LogP) is 5.73. The summed E-state index contributed by atoms with van der Waals surface area (Å²) in [6.45, 7) is 4.09. The zero-order valence-electron chi connectivity index (χ0n) is 16.7. The largest absolute Gasteiger partial charge is 0.395 e. The molecule has 1 aliphatic rings. The number of unbranched alkanes of at least 4 members (excludes halogenated alkanes) is 13. The van der Waals surface area contributed by atoms with E-state index in [9.17, 15) is 0 Å². The van der Waals surface area contributed by atoms with Gasteiger partial charge in [0.1, 0.15) is 6.17 Å². The second kappa shape index (κ2) is 16.8. The Labute approximate surface area is 156 Å². The van der Waals surface area contributed by atoms with Crippen molar-refractivity contribution in [3.63, 3.8) is 0 Å². The molecular formula is C22H42N2O. The average molecular weight is 351 g/mol. The van der Waals surface area contributed by atoms with Crippen molar-refractivity contribution in [1.82, 2.24) is 4.90 Å². The lowest BCUT2D eigenvalue weighted by Gasteiger charge is -2.18. The highest BCUT2D eigenvalue weighted by Gasteiger charge is 2.16. The van der Waals surface area contributed by atoms with Gasteiger partial charge in [-0.15, -0.1) is 0 Å². The molecule has 0 amide bonds. The lowest BCUT2D eigenvalue weighted by Crippen LogP contribution is -2.31. The SMILES string of the molecule is CCCCCCCCCCCCCCC/C=C/C1N=CCN1CCO. The minimum absolute atomic E-state index is 0.161. The monoisotopic (exact) mass is 350 g/mol. The van der Waals surface area contributed by atoms with Gasteiger partial charge in [0, 0.05) is 19.3 Å². The minimum atomic E-state index is 0.161. The third-order valence-corrected chi connectivity index (χ3v) is 5.12. The number of hydrogen-bond donors (Lipinski definition) is 1. The van der Waals surface area contributed by atoms with Crippen molar-refractivity contribution in [2.24, 2.45) is 4.99 Å². The Kier molecular flexibility index (Phi) is 15.0. The van der Waals surface area contributed by atoms with Crippen LogP contribution in [0.25, 0.3) is 0 Å². The lowest BCUT2D eigenvalue weighted by atomic mass is 10.0. The van der Waals surface area contributed by atoms with E-state index in [1.165, 1.54) is 83.5 Å². The third-order valence-electron chi connectivity index (χ3n) is 5.12. The summed E-state index contributed by atoms with van der Waals surface area (Å²) in [4.78, 5) is 6.64. The van der Waals surface area contributed by atoms with Gasteiger partial charge in [-0.05, 0) is 18.9 Å². The van der Waals surface area contributed by atoms with Crippen molar-refractivity contribution in [2.45, 2.75) is 103 Å². The number of aliphatic hydroxyl groups is 1. The first-order valence-electron chi connectivity index (χ1n) is 10.9. The molecule has 1 unspecified atom stereocenters. The molecule has 0 spiro atoms. The summed E-state index contributed by atoms with van der Waals surface area (Å²) in [7, 11) is 0. The molecule has 1 aliphatic heterocycles. The zero-order chi connectivity index (χ0) is 18.0. The first-order valence-corrected chi connectivity index (χ1v) is 10.9. The Morgan fingerprint density at radius 1 is 0.920 bits per heavy atom. The highest BCUT2D eigenvalue weighted by molar-refractivity contribution is 5.62. The number of β-amino-alcohol motifs (C(OH)–C–C–N with tert-alkyl or cyclic N) is 1. The molecule has 0 saturated heterocycles. The molecule has 0 aromatic carbocycles. The molecule has 1 N–H and O–H groups in total. The second-order valence-electron chi connectivity index (χ2n) is 7.42. The molecule has 146 valence electrons. The quantitative estimate of drug-likeness (QED) is 0.269. The molecular weight excluding hydrogens is 308 g/mol. The number of rotatable bonds is 17. The number of nitrogens with zero attached hydrogens (tertiary/aromatic N) is 2. The summed E-state index contributed by atoms with van der Waals surface area (Å²) in [5.41, 5.74) is 0. The van der Waals surface area contributed by atoms with E-state index < -0.39 is 0 Å². The fraction of sp³-hybridized carbons (Fsp3) is 0.864. The van der Waals surface area contributed by atoms with Crippen LogP contribution in [0.2, 0.25) is 0 Å². The summed E-state index contributed by atoms with van der Waals surface area (Å²) in [5, 5.41) is 9.03. The summed E-state index contributed by atoms with van der Waals surface area (Å²) < 4.78 is 0. The molecule has 3 nitrogen and oxygen atoms in total. The summed E-state index contributed by atoms with van der Waals surface area (Å²) in [6.07, 6.45) is 26.1. The van der Waals surface area contributed by atoms with Gasteiger partial charge in [0.15, 0.2) is 0 Å². The Morgan fingerprint density at radius 3 is 2.04 bits per heavy atom. The Bertz CT molecular complexity index is 341. The topological polar surface area (TPSA) is 35.8 Å². The van der Waals surface area contributed by atoms with Crippen LogP contribution in [0.5, 0.6) is 0 Å². The van der Waals surface area contributed by atoms with Gasteiger partial charge in [-0.2, -0.15) is 0 Å². The van der Waals surface area contributed by atoms with E-state index in [1.807, 2.05) is 6.21 Å². The van der Waals surface area contributed by atoms with E-state index in [-0.39, 0.29) is 12.8 Å². The van der Waals surface area contributed by atoms with Crippen LogP contribution in [0.15, 0.2) is 17.1 Å². The summed E-state index contributed by atoms with van der Waals surface area (Å²) >= 11 is 0. The van der Waals surface area contributed by atoms with Gasteiger partial charge in [0.05, 0.1) is 6.61 Å². The molecule has 0 aromatic rings. The van der Waals surface area contributed by atoms with Gasteiger partial charge in [0.25, 0.3) is 0 Å². The molecule has 0 saturated carbocycles. The first kappa shape index (κ1) is 22.4. The van der Waals surface area contributed by atoms with E-state index in [4.69, 9.17) is 5.11 Å². The van der Waals surface area contributed by atoms with Gasteiger partial charge >= 0.3 is 0 Å². The maximum Gasteiger partial charge on any atom is 0.121 e. The maximum absolute atomic E-state index is 9.03. The van der Waals surface area contributed by atoms with E-state index in [2.05, 4.69) is 29.0 Å². The van der Waals surface area contributed by atoms with Gasteiger partial charge in [-0.3, -0.25) is 9.89 Å². The van der Waals surface area contributed by atoms with Gasteiger partial charge < -0.3 is 5.11 Å². The van der Waals surface area contributed by atoms with Crippen molar-refractivity contribution < 1.29 is 5.11 Å². The Morgan fingerprint density at radius 2 is 1.48 bits per heavy atom. The van der Waals surface area contributed by atoms with Gasteiger partial charge in [-0.1, -0.05) is 90.0 Å². The molecule has 0 aliphatic carbocycles. The average Bonchev–Trinajstić information content (AvgIpc) is 3.06. The minimum Gasteiger partial charge on any atom is -0.395 e. The molecule has 3 heteroatoms. The number of allylic oxidation sites excluding steroid dienone is 1. The van der Waals surface area contributed by atoms with Crippen LogP contribution in [-0.4, -0.2) is 42.1 Å². The maximum atomic E-state index is 9.03. The van der Waals surface area contributed by atoms with E-state index in [0.29, 0.717) is 6.54 Å². The molecule has 25 heavy (non-hydrogen) atoms. The normalized spacial score (nSPS) is 17.9. The van der Waals surface area contributed by atoms with E-state index in [0.717, 1.165) is 13.0 Å². The zero-order valence-corrected chi connectivity index (χ0v) is 16.7. The molecule has 0 radical (unpaired) electrons. The number of hydrogen-bond acceptors (Lipinski definition) is 3. The number of aliphatic hydroxyl groups excluding tert-OH is 1. The molecule has 0 bridgehead atoms. The van der Waals surface area contributed by atoms with Crippen LogP contribution in [0, 0.1) is 0 Å². The smallest absolute Gasteiger partial charge is 0.121 e. The lowest BCUT2D eigenvalue weighted by molar-refractivity contribution is 0.201. The van der Waals surface area contributed by atoms with Crippen LogP contribution in [-0.2, 0) is 0 Å². The molecule has 1 atom stereocenters. The summed E-state index contributed by atoms with van der Waals surface area (Å²) in [5.74, 6) is 0. The van der Waals surface area contributed by atoms with Gasteiger partial charge in [0.2, 0.25) is 0 Å². The Hall–Kier alpha value is -0.670. The van der Waals surface area contributed by atoms with Gasteiger partial charge in [-0.25, -0.2) is 0 Å². The Balaban J connectivity index is 1.81. The molecule has 0 aromatic heterocycles. The third kappa shape index (κ3) is 12.3. The van der Waals surface area contributed by atoms with E-state index in [1.54, 1.807) is 0 Å². The summed E-state index contributed by atoms with van der Waals surface area (Å²) in [6, 6.07) is 0. The van der Waals surface area contributed by atoms with Crippen molar-refractivity contribution in [2.75, 3.05) is 19.7 Å². The molecule has 0 fully saturated rings. The first-order chi connectivity index (χ1) is 12.4. The van der Waals surface area contributed by atoms with Crippen LogP contribution in [0.1, 0.15) is 96.8 Å². The fourth-order valence-corrected chi connectivity index (χ4v) is 3.48. The number of aliphatic imine (C=N–C) groups is 1. The van der Waals surface area contributed by atoms with Crippen molar-refractivity contribution in [1.29, 1.82) is 0 Å². The highest BCUT2D eigenvalue weighted by atomic mass is 16.3. The molecule has 1 heterocycles. The standard InChI is InChI=1S/C22H42N2O/c1-2-3-4-5-6-7-8-9-10-11-12-13-14-15-16-17-22-23-18-19-24(22)20-21-25/h16-18,22,25H,2-15,19-21H2,1H3/b17-16+. The van der Waals surface area contributed by atoms with Crippen LogP contribution < -0.4 is 0 Å². The second-order valence-corrected chi connectivity index (χ2v) is 7.42. The fourth-order valence-electron chi connectivity index (χ4n) is 3.48.